The molecule has 5 nitrogen and oxygen atoms in total. The molecule has 5 heteroatoms. The molecule has 0 fully saturated rings. The zero-order valence-electron chi connectivity index (χ0n) is 18.7. The third kappa shape index (κ3) is 4.32. The normalized spacial score (nSPS) is 17.5. The molecule has 3 aromatic carbocycles. The maximum absolute atomic E-state index is 13.4. The average Bonchev–Trinajstić information content (AvgIpc) is 3.30. The van der Waals surface area contributed by atoms with Crippen LogP contribution in [-0.2, 0) is 22.5 Å². The predicted molar refractivity (Wildman–Crippen MR) is 128 cm³/mol. The number of aromatic nitrogens is 2. The molecule has 0 bridgehead atoms. The van der Waals surface area contributed by atoms with E-state index in [-0.39, 0.29) is 24.6 Å². The fraction of sp³-hybridized carbons (Fsp3) is 0.214. The van der Waals surface area contributed by atoms with Gasteiger partial charge in [-0.2, -0.15) is 0 Å². The topological polar surface area (TPSA) is 47.4 Å². The van der Waals surface area contributed by atoms with Gasteiger partial charge in [-0.1, -0.05) is 91.0 Å². The molecule has 33 heavy (non-hydrogen) atoms. The first kappa shape index (κ1) is 21.2. The first-order valence-electron chi connectivity index (χ1n) is 11.3. The van der Waals surface area contributed by atoms with Crippen LogP contribution in [-0.4, -0.2) is 34.1 Å². The van der Waals surface area contributed by atoms with Crippen molar-refractivity contribution < 1.29 is 9.53 Å². The van der Waals surface area contributed by atoms with Crippen molar-refractivity contribution >= 4 is 5.91 Å². The van der Waals surface area contributed by atoms with Crippen LogP contribution in [0.25, 0.3) is 11.3 Å². The third-order valence-electron chi connectivity index (χ3n) is 6.23. The standard InChI is InChI=1S/C28H27N3O2/c1-33-20-27(32)31-25(17-21-11-5-2-6-12-21)28-29-24(22-13-7-3-8-14-22)18-30(28)19-26(31)23-15-9-4-10-16-23/h2-16,18,25-26H,17,19-20H2,1H3/t25-,26?/m0/s1. The Morgan fingerprint density at radius 3 is 2.24 bits per heavy atom. The molecular weight excluding hydrogens is 410 g/mol. The molecule has 1 amide bonds. The lowest BCUT2D eigenvalue weighted by Crippen LogP contribution is -2.46. The van der Waals surface area contributed by atoms with Crippen LogP contribution in [0.15, 0.2) is 97.2 Å². The lowest BCUT2D eigenvalue weighted by molar-refractivity contribution is -0.142. The molecule has 2 heterocycles. The molecule has 1 unspecified atom stereocenters. The van der Waals surface area contributed by atoms with Crippen LogP contribution in [0.1, 0.15) is 29.0 Å². The van der Waals surface area contributed by atoms with Crippen molar-refractivity contribution in [1.82, 2.24) is 14.5 Å². The van der Waals surface area contributed by atoms with Gasteiger partial charge in [0, 0.05) is 31.8 Å². The summed E-state index contributed by atoms with van der Waals surface area (Å²) >= 11 is 0. The molecule has 1 aliphatic rings. The summed E-state index contributed by atoms with van der Waals surface area (Å²) in [6.45, 7) is 0.695. The van der Waals surface area contributed by atoms with Crippen molar-refractivity contribution in [2.45, 2.75) is 25.0 Å². The molecule has 1 aromatic heterocycles. The first-order valence-corrected chi connectivity index (χ1v) is 11.3. The van der Waals surface area contributed by atoms with E-state index in [1.807, 2.05) is 59.5 Å². The number of imidazole rings is 1. The number of benzene rings is 3. The van der Waals surface area contributed by atoms with Gasteiger partial charge in [0.05, 0.1) is 17.8 Å². The van der Waals surface area contributed by atoms with Crippen LogP contribution < -0.4 is 0 Å². The molecule has 0 aliphatic carbocycles. The van der Waals surface area contributed by atoms with Crippen LogP contribution >= 0.6 is 0 Å². The highest BCUT2D eigenvalue weighted by atomic mass is 16.5. The Bertz CT molecular complexity index is 1210. The lowest BCUT2D eigenvalue weighted by Gasteiger charge is -2.42. The Balaban J connectivity index is 1.64. The van der Waals surface area contributed by atoms with E-state index < -0.39 is 0 Å². The monoisotopic (exact) mass is 437 g/mol. The van der Waals surface area contributed by atoms with Gasteiger partial charge in [0.15, 0.2) is 0 Å². The van der Waals surface area contributed by atoms with Crippen LogP contribution in [0, 0.1) is 0 Å². The van der Waals surface area contributed by atoms with Gasteiger partial charge in [-0.05, 0) is 11.1 Å². The molecular formula is C28H27N3O2. The predicted octanol–water partition coefficient (Wildman–Crippen LogP) is 5.06. The average molecular weight is 438 g/mol. The van der Waals surface area contributed by atoms with Crippen molar-refractivity contribution in [3.05, 3.63) is 114 Å². The van der Waals surface area contributed by atoms with Crippen molar-refractivity contribution in [2.24, 2.45) is 0 Å². The SMILES string of the molecule is COCC(=O)N1C(c2ccccc2)Cn2cc(-c3ccccc3)nc2[C@@H]1Cc1ccccc1. The second kappa shape index (κ2) is 9.43. The number of hydrogen-bond acceptors (Lipinski definition) is 3. The summed E-state index contributed by atoms with van der Waals surface area (Å²) in [6, 6.07) is 30.4. The minimum atomic E-state index is -0.202. The van der Waals surface area contributed by atoms with Crippen molar-refractivity contribution in [2.75, 3.05) is 13.7 Å². The van der Waals surface area contributed by atoms with Gasteiger partial charge in [0.25, 0.3) is 0 Å². The van der Waals surface area contributed by atoms with Gasteiger partial charge in [0.1, 0.15) is 12.4 Å². The zero-order valence-corrected chi connectivity index (χ0v) is 18.7. The Morgan fingerprint density at radius 1 is 0.939 bits per heavy atom. The highest BCUT2D eigenvalue weighted by Gasteiger charge is 2.39. The first-order chi connectivity index (χ1) is 16.2. The van der Waals surface area contributed by atoms with E-state index in [9.17, 15) is 4.79 Å². The molecule has 0 spiro atoms. The summed E-state index contributed by atoms with van der Waals surface area (Å²) in [7, 11) is 1.57. The number of methoxy groups -OCH3 is 1. The van der Waals surface area contributed by atoms with E-state index in [0.717, 1.165) is 22.6 Å². The fourth-order valence-corrected chi connectivity index (χ4v) is 4.72. The van der Waals surface area contributed by atoms with Crippen LogP contribution in [0.3, 0.4) is 0 Å². The molecule has 0 radical (unpaired) electrons. The van der Waals surface area contributed by atoms with E-state index in [1.165, 1.54) is 5.56 Å². The molecule has 1 aliphatic heterocycles. The second-order valence-corrected chi connectivity index (χ2v) is 8.37. The fourth-order valence-electron chi connectivity index (χ4n) is 4.72. The van der Waals surface area contributed by atoms with Crippen molar-refractivity contribution in [3.8, 4) is 11.3 Å². The maximum Gasteiger partial charge on any atom is 0.249 e. The smallest absolute Gasteiger partial charge is 0.249 e. The Hall–Kier alpha value is -3.70. The largest absolute Gasteiger partial charge is 0.375 e. The molecule has 4 aromatic rings. The minimum absolute atomic E-state index is 0.0252. The lowest BCUT2D eigenvalue weighted by atomic mass is 9.95. The van der Waals surface area contributed by atoms with Gasteiger partial charge in [-0.25, -0.2) is 4.98 Å². The summed E-state index contributed by atoms with van der Waals surface area (Å²) in [6.07, 6.45) is 2.81. The summed E-state index contributed by atoms with van der Waals surface area (Å²) in [5.41, 5.74) is 4.28. The van der Waals surface area contributed by atoms with E-state index in [1.54, 1.807) is 7.11 Å². The second-order valence-electron chi connectivity index (χ2n) is 8.37. The number of amides is 1. The summed E-state index contributed by atoms with van der Waals surface area (Å²) in [5.74, 6) is 0.886. The van der Waals surface area contributed by atoms with Crippen LogP contribution in [0.2, 0.25) is 0 Å². The molecule has 166 valence electrons. The van der Waals surface area contributed by atoms with E-state index in [0.29, 0.717) is 13.0 Å². The van der Waals surface area contributed by atoms with Crippen molar-refractivity contribution in [3.63, 3.8) is 0 Å². The van der Waals surface area contributed by atoms with Gasteiger partial charge < -0.3 is 14.2 Å². The molecule has 0 N–H and O–H groups in total. The number of nitrogens with zero attached hydrogens (tertiary/aromatic N) is 3. The summed E-state index contributed by atoms with van der Waals surface area (Å²) in [5, 5.41) is 0. The quantitative estimate of drug-likeness (QED) is 0.423. The molecule has 5 rings (SSSR count). The summed E-state index contributed by atoms with van der Waals surface area (Å²) in [4.78, 5) is 20.5. The molecule has 2 atom stereocenters. The number of fused-ring (bicyclic) bond motifs is 1. The number of carbonyl (C=O) groups excluding carboxylic acids is 1. The molecule has 0 saturated heterocycles. The highest BCUT2D eigenvalue weighted by molar-refractivity contribution is 5.79. The Kier molecular flexibility index (Phi) is 6.05. The highest BCUT2D eigenvalue weighted by Crippen LogP contribution is 2.40. The molecule has 0 saturated carbocycles. The Labute approximate surface area is 194 Å². The van der Waals surface area contributed by atoms with Gasteiger partial charge >= 0.3 is 0 Å². The van der Waals surface area contributed by atoms with E-state index in [4.69, 9.17) is 9.72 Å². The third-order valence-corrected chi connectivity index (χ3v) is 6.23. The van der Waals surface area contributed by atoms with Gasteiger partial charge in [-0.15, -0.1) is 0 Å². The number of ether oxygens (including phenoxy) is 1. The maximum atomic E-state index is 13.4. The van der Waals surface area contributed by atoms with E-state index >= 15 is 0 Å². The Morgan fingerprint density at radius 2 is 1.58 bits per heavy atom. The minimum Gasteiger partial charge on any atom is -0.375 e. The number of carbonyl (C=O) groups is 1. The van der Waals surface area contributed by atoms with Gasteiger partial charge in [-0.3, -0.25) is 4.79 Å². The van der Waals surface area contributed by atoms with Crippen LogP contribution in [0.5, 0.6) is 0 Å². The number of rotatable bonds is 6. The number of hydrogen-bond donors (Lipinski definition) is 0. The summed E-state index contributed by atoms with van der Waals surface area (Å²) < 4.78 is 7.51. The zero-order chi connectivity index (χ0) is 22.6. The van der Waals surface area contributed by atoms with Crippen molar-refractivity contribution in [1.29, 1.82) is 0 Å². The van der Waals surface area contributed by atoms with Gasteiger partial charge in [0.2, 0.25) is 5.91 Å². The van der Waals surface area contributed by atoms with E-state index in [2.05, 4.69) is 47.2 Å². The van der Waals surface area contributed by atoms with Crippen LogP contribution in [0.4, 0.5) is 0 Å².